The molecule has 5 heteroatoms. The van der Waals surface area contributed by atoms with Gasteiger partial charge in [0.05, 0.1) is 0 Å². The molecule has 234 valence electrons. The molecule has 0 spiro atoms. The molecule has 0 saturated heterocycles. The average molecular weight is 682 g/mol. The molecule has 0 fully saturated rings. The van der Waals surface area contributed by atoms with Gasteiger partial charge in [-0.05, 0) is 54.2 Å². The van der Waals surface area contributed by atoms with E-state index in [1.54, 1.807) is 0 Å². The lowest BCUT2D eigenvalue weighted by atomic mass is 10.2. The summed E-state index contributed by atoms with van der Waals surface area (Å²) in [5.74, 6) is 0. The van der Waals surface area contributed by atoms with Crippen LogP contribution in [0.15, 0.2) is 168 Å². The highest BCUT2D eigenvalue weighted by molar-refractivity contribution is 8.01. The van der Waals surface area contributed by atoms with Gasteiger partial charge in [-0.1, -0.05) is 191 Å². The third-order valence-corrected chi connectivity index (χ3v) is 21.4. The van der Waals surface area contributed by atoms with Crippen molar-refractivity contribution < 1.29 is 0 Å². The second kappa shape index (κ2) is 13.2. The van der Waals surface area contributed by atoms with Crippen LogP contribution in [0.25, 0.3) is 0 Å². The van der Waals surface area contributed by atoms with E-state index in [1.807, 2.05) is 11.8 Å². The van der Waals surface area contributed by atoms with Crippen LogP contribution in [0, 0.1) is 0 Å². The maximum absolute atomic E-state index is 2.81. The lowest BCUT2D eigenvalue weighted by molar-refractivity contribution is 0.714. The zero-order chi connectivity index (χ0) is 32.6. The number of nitrogens with zero attached hydrogens (tertiary/aromatic N) is 1. The van der Waals surface area contributed by atoms with Gasteiger partial charge in [0.2, 0.25) is 0 Å². The number of hydrogen-bond donors (Lipinski definition) is 0. The van der Waals surface area contributed by atoms with Crippen molar-refractivity contribution >= 4 is 79.0 Å². The van der Waals surface area contributed by atoms with Crippen LogP contribution in [0.2, 0.25) is 18.1 Å². The van der Waals surface area contributed by atoms with Crippen molar-refractivity contribution in [2.24, 2.45) is 0 Å². The van der Waals surface area contributed by atoms with E-state index in [1.165, 1.54) is 53.0 Å². The molecule has 0 bridgehead atoms. The average Bonchev–Trinajstić information content (AvgIpc) is 3.09. The second-order valence-corrected chi connectivity index (χ2v) is 24.0. The number of fused-ring (bicyclic) bond motifs is 2. The zero-order valence-corrected chi connectivity index (χ0v) is 31.4. The SMILES string of the molecule is CC(C)(C)[Si](C)(C)N1c2cccc(P(c3ccccc3)c3ccccc3)c2Sc2c1cccc2P(c1ccccc1)c1ccccc1. The molecule has 0 amide bonds. The normalized spacial score (nSPS) is 13.0. The van der Waals surface area contributed by atoms with E-state index < -0.39 is 24.1 Å². The number of hydrogen-bond acceptors (Lipinski definition) is 2. The van der Waals surface area contributed by atoms with E-state index in [0.717, 1.165) is 0 Å². The molecule has 1 heterocycles. The van der Waals surface area contributed by atoms with E-state index in [0.29, 0.717) is 0 Å². The second-order valence-electron chi connectivity index (χ2n) is 13.5. The van der Waals surface area contributed by atoms with Gasteiger partial charge >= 0.3 is 0 Å². The van der Waals surface area contributed by atoms with Gasteiger partial charge in [-0.25, -0.2) is 0 Å². The molecule has 0 unspecified atom stereocenters. The smallest absolute Gasteiger partial charge is 0.161 e. The minimum atomic E-state index is -2.10. The fraction of sp³-hybridized carbons (Fsp3) is 0.143. The van der Waals surface area contributed by atoms with Gasteiger partial charge in [-0.3, -0.25) is 0 Å². The summed E-state index contributed by atoms with van der Waals surface area (Å²) in [6, 6.07) is 58.9. The van der Waals surface area contributed by atoms with E-state index in [9.17, 15) is 0 Å². The Labute approximate surface area is 288 Å². The van der Waals surface area contributed by atoms with Gasteiger partial charge in [0.15, 0.2) is 8.24 Å². The predicted molar refractivity (Wildman–Crippen MR) is 214 cm³/mol. The molecule has 0 aliphatic carbocycles. The standard InChI is InChI=1S/C42H41NP2SSi/c1-42(2,3)47(4,5)43-36-28-18-30-38(44(32-20-10-6-11-21-32)33-22-12-7-13-23-33)40(36)46-41-37(43)29-19-31-39(41)45(34-24-14-8-15-25-34)35-26-16-9-17-27-35/h6-31H,1-5H3. The predicted octanol–water partition coefficient (Wildman–Crippen LogP) is 9.81. The van der Waals surface area contributed by atoms with Crippen LogP contribution in [0.5, 0.6) is 0 Å². The summed E-state index contributed by atoms with van der Waals surface area (Å²) < 4.78 is 2.81. The lowest BCUT2D eigenvalue weighted by Gasteiger charge is -2.50. The fourth-order valence-electron chi connectivity index (χ4n) is 6.27. The summed E-state index contributed by atoms with van der Waals surface area (Å²) in [4.78, 5) is 2.82. The summed E-state index contributed by atoms with van der Waals surface area (Å²) in [6.07, 6.45) is 0. The Balaban J connectivity index is 1.51. The van der Waals surface area contributed by atoms with Crippen molar-refractivity contribution in [2.75, 3.05) is 4.57 Å². The van der Waals surface area contributed by atoms with Crippen LogP contribution >= 0.6 is 27.6 Å². The quantitative estimate of drug-likeness (QED) is 0.122. The highest BCUT2D eigenvalue weighted by Crippen LogP contribution is 2.56. The van der Waals surface area contributed by atoms with E-state index in [2.05, 4.69) is 196 Å². The molecule has 7 rings (SSSR count). The van der Waals surface area contributed by atoms with Crippen LogP contribution < -0.4 is 36.4 Å². The Morgan fingerprint density at radius 3 is 1.06 bits per heavy atom. The Morgan fingerprint density at radius 1 is 0.447 bits per heavy atom. The first-order valence-electron chi connectivity index (χ1n) is 16.3. The third kappa shape index (κ3) is 6.05. The van der Waals surface area contributed by atoms with Crippen molar-refractivity contribution in [3.63, 3.8) is 0 Å². The molecule has 1 aliphatic heterocycles. The number of benzene rings is 6. The largest absolute Gasteiger partial charge is 0.367 e. The monoisotopic (exact) mass is 681 g/mol. The summed E-state index contributed by atoms with van der Waals surface area (Å²) in [5.41, 5.74) is 2.73. The van der Waals surface area contributed by atoms with Crippen molar-refractivity contribution in [1.82, 2.24) is 0 Å². The zero-order valence-electron chi connectivity index (χ0n) is 27.8. The Morgan fingerprint density at radius 2 is 0.766 bits per heavy atom. The van der Waals surface area contributed by atoms with Gasteiger partial charge in [0.25, 0.3) is 0 Å². The van der Waals surface area contributed by atoms with Crippen molar-refractivity contribution in [3.8, 4) is 0 Å². The highest BCUT2D eigenvalue weighted by Gasteiger charge is 2.46. The number of rotatable bonds is 7. The Kier molecular flexibility index (Phi) is 9.03. The summed E-state index contributed by atoms with van der Waals surface area (Å²) >= 11 is 2.01. The summed E-state index contributed by atoms with van der Waals surface area (Å²) in [6.45, 7) is 12.4. The lowest BCUT2D eigenvalue weighted by Crippen LogP contribution is -2.54. The topological polar surface area (TPSA) is 3.24 Å². The first-order valence-corrected chi connectivity index (χ1v) is 22.7. The van der Waals surface area contributed by atoms with Crippen LogP contribution in [-0.4, -0.2) is 8.24 Å². The van der Waals surface area contributed by atoms with Gasteiger partial charge in [0, 0.05) is 31.8 Å². The third-order valence-electron chi connectivity index (χ3n) is 9.57. The molecule has 6 aromatic carbocycles. The molecule has 1 nitrogen and oxygen atoms in total. The van der Waals surface area contributed by atoms with E-state index in [-0.39, 0.29) is 5.04 Å². The van der Waals surface area contributed by atoms with Gasteiger partial charge in [-0.15, -0.1) is 0 Å². The molecule has 1 aliphatic rings. The van der Waals surface area contributed by atoms with Gasteiger partial charge in [-0.2, -0.15) is 0 Å². The minimum Gasteiger partial charge on any atom is -0.367 e. The first kappa shape index (κ1) is 32.1. The fourth-order valence-corrected chi connectivity index (χ4v) is 15.3. The first-order chi connectivity index (χ1) is 22.8. The number of anilines is 2. The Hall–Kier alpha value is -3.45. The van der Waals surface area contributed by atoms with E-state index >= 15 is 0 Å². The molecular formula is C42H41NP2SSi. The maximum Gasteiger partial charge on any atom is 0.161 e. The maximum atomic E-state index is 2.81. The van der Waals surface area contributed by atoms with Gasteiger partial charge in [0.1, 0.15) is 0 Å². The van der Waals surface area contributed by atoms with Crippen molar-refractivity contribution in [3.05, 3.63) is 158 Å². The molecule has 0 atom stereocenters. The van der Waals surface area contributed by atoms with Gasteiger partial charge < -0.3 is 4.57 Å². The van der Waals surface area contributed by atoms with Crippen LogP contribution in [-0.2, 0) is 0 Å². The molecule has 0 saturated carbocycles. The van der Waals surface area contributed by atoms with Crippen molar-refractivity contribution in [1.29, 1.82) is 0 Å². The van der Waals surface area contributed by atoms with Crippen LogP contribution in [0.4, 0.5) is 11.4 Å². The van der Waals surface area contributed by atoms with Crippen molar-refractivity contribution in [2.45, 2.75) is 48.7 Å². The summed E-state index contributed by atoms with van der Waals surface area (Å²) in [5, 5.41) is 8.56. The Bertz CT molecular complexity index is 1770. The van der Waals surface area contributed by atoms with Crippen LogP contribution in [0.1, 0.15) is 20.8 Å². The minimum absolute atomic E-state index is 0.142. The summed E-state index contributed by atoms with van der Waals surface area (Å²) in [7, 11) is -3.65. The molecule has 0 radical (unpaired) electrons. The molecule has 6 aromatic rings. The highest BCUT2D eigenvalue weighted by atomic mass is 32.2. The molecule has 47 heavy (non-hydrogen) atoms. The molecule has 0 aromatic heterocycles. The molecule has 0 N–H and O–H groups in total. The van der Waals surface area contributed by atoms with Crippen LogP contribution in [0.3, 0.4) is 0 Å². The molecular weight excluding hydrogens is 641 g/mol. The van der Waals surface area contributed by atoms with E-state index in [4.69, 9.17) is 0 Å².